The van der Waals surface area contributed by atoms with Crippen molar-refractivity contribution in [3.63, 3.8) is 0 Å². The van der Waals surface area contributed by atoms with Crippen LogP contribution in [0, 0.1) is 5.92 Å². The van der Waals surface area contributed by atoms with E-state index in [9.17, 15) is 18.4 Å². The summed E-state index contributed by atoms with van der Waals surface area (Å²) in [6.07, 6.45) is 7.03. The zero-order valence-electron chi connectivity index (χ0n) is 16.3. The van der Waals surface area contributed by atoms with Crippen molar-refractivity contribution in [1.29, 1.82) is 0 Å². The van der Waals surface area contributed by atoms with Gasteiger partial charge in [-0.3, -0.25) is 14.6 Å². The molecule has 1 N–H and O–H groups in total. The summed E-state index contributed by atoms with van der Waals surface area (Å²) < 4.78 is 29.2. The maximum atomic E-state index is 13.9. The van der Waals surface area contributed by atoms with Crippen LogP contribution in [0.4, 0.5) is 14.5 Å². The van der Waals surface area contributed by atoms with Crippen LogP contribution >= 0.6 is 0 Å². The Kier molecular flexibility index (Phi) is 5.39. The first-order valence-corrected chi connectivity index (χ1v) is 9.65. The Balaban J connectivity index is 2.01. The molecule has 1 aliphatic rings. The number of aryl methyl sites for hydroxylation is 1. The van der Waals surface area contributed by atoms with Gasteiger partial charge in [0.05, 0.1) is 0 Å². The molecule has 4 heterocycles. The van der Waals surface area contributed by atoms with Gasteiger partial charge in [0.25, 0.3) is 5.56 Å². The lowest BCUT2D eigenvalue weighted by molar-refractivity contribution is -0.119. The van der Waals surface area contributed by atoms with Gasteiger partial charge in [-0.25, -0.2) is 9.55 Å². The van der Waals surface area contributed by atoms with Gasteiger partial charge in [0.2, 0.25) is 5.91 Å². The molecule has 30 heavy (non-hydrogen) atoms. The van der Waals surface area contributed by atoms with Crippen LogP contribution in [0.1, 0.15) is 38.4 Å². The predicted octanol–water partition coefficient (Wildman–Crippen LogP) is 3.19. The number of nitrogens with one attached hydrogen (secondary N) is 1. The number of hydrogen-bond donors (Lipinski definition) is 1. The lowest BCUT2D eigenvalue weighted by Crippen LogP contribution is -2.25. The molecular formula is C20H20F2N6O2. The zero-order chi connectivity index (χ0) is 21.3. The molecule has 0 saturated carbocycles. The topological polar surface area (TPSA) is 94.7 Å². The van der Waals surface area contributed by atoms with Gasteiger partial charge in [-0.15, -0.1) is 0 Å². The Morgan fingerprint density at radius 1 is 1.20 bits per heavy atom. The minimum atomic E-state index is -3.04. The molecule has 0 spiro atoms. The van der Waals surface area contributed by atoms with Crippen molar-refractivity contribution in [2.75, 3.05) is 5.32 Å². The van der Waals surface area contributed by atoms with Gasteiger partial charge in [0.15, 0.2) is 5.82 Å². The molecule has 4 rings (SSSR count). The molecule has 156 valence electrons. The van der Waals surface area contributed by atoms with Crippen LogP contribution in [0.5, 0.6) is 0 Å². The van der Waals surface area contributed by atoms with Crippen LogP contribution in [-0.4, -0.2) is 30.2 Å². The molecular weight excluding hydrogens is 394 g/mol. The monoisotopic (exact) mass is 414 g/mol. The van der Waals surface area contributed by atoms with E-state index in [2.05, 4.69) is 20.4 Å². The van der Waals surface area contributed by atoms with E-state index in [-0.39, 0.29) is 29.0 Å². The number of aromatic nitrogens is 5. The molecule has 8 nitrogen and oxygen atoms in total. The largest absolute Gasteiger partial charge is 0.335 e. The number of alkyl halides is 2. The van der Waals surface area contributed by atoms with Crippen molar-refractivity contribution >= 4 is 11.6 Å². The SMILES string of the molecule is CC1CCCCc2cc(ccn2)-c2nn(C(F)F)c(-n3cnccc3=O)c2NC1=O. The first-order valence-electron chi connectivity index (χ1n) is 9.65. The average molecular weight is 414 g/mol. The van der Waals surface area contributed by atoms with Gasteiger partial charge in [0.1, 0.15) is 17.7 Å². The average Bonchev–Trinajstić information content (AvgIpc) is 3.10. The predicted molar refractivity (Wildman–Crippen MR) is 105 cm³/mol. The van der Waals surface area contributed by atoms with Crippen molar-refractivity contribution in [1.82, 2.24) is 24.3 Å². The Labute approximate surface area is 170 Å². The first kappa shape index (κ1) is 19.9. The fourth-order valence-corrected chi connectivity index (χ4v) is 3.51. The van der Waals surface area contributed by atoms with Gasteiger partial charge in [-0.05, 0) is 31.4 Å². The van der Waals surface area contributed by atoms with E-state index in [0.29, 0.717) is 23.1 Å². The molecule has 0 aromatic carbocycles. The van der Waals surface area contributed by atoms with Crippen LogP contribution in [0.25, 0.3) is 17.1 Å². The second-order valence-corrected chi connectivity index (χ2v) is 7.23. The molecule has 1 aliphatic heterocycles. The Morgan fingerprint density at radius 3 is 2.80 bits per heavy atom. The van der Waals surface area contributed by atoms with E-state index in [4.69, 9.17) is 0 Å². The summed E-state index contributed by atoms with van der Waals surface area (Å²) in [6, 6.07) is 4.57. The van der Waals surface area contributed by atoms with Crippen LogP contribution in [0.15, 0.2) is 41.7 Å². The Bertz CT molecular complexity index is 1140. The Morgan fingerprint density at radius 2 is 2.03 bits per heavy atom. The summed E-state index contributed by atoms with van der Waals surface area (Å²) in [7, 11) is 0. The molecule has 0 fully saturated rings. The molecule has 0 aliphatic carbocycles. The highest BCUT2D eigenvalue weighted by Crippen LogP contribution is 2.35. The van der Waals surface area contributed by atoms with Crippen molar-refractivity contribution in [2.24, 2.45) is 5.92 Å². The number of pyridine rings is 1. The molecule has 1 amide bonds. The standard InChI is InChI=1S/C20H20F2N6O2/c1-12-4-2-3-5-14-10-13(6-9-24-14)16-17(25-18(12)30)19(28(26-16)20(21)22)27-11-23-8-7-15(27)29/h6-12,20H,2-5H2,1H3,(H,25,30). The number of carbonyl (C=O) groups is 1. The molecule has 1 unspecified atom stereocenters. The highest BCUT2D eigenvalue weighted by molar-refractivity contribution is 5.98. The van der Waals surface area contributed by atoms with Crippen LogP contribution in [-0.2, 0) is 11.2 Å². The maximum Gasteiger partial charge on any atom is 0.335 e. The van der Waals surface area contributed by atoms with Crippen LogP contribution in [0.2, 0.25) is 0 Å². The molecule has 3 aromatic rings. The van der Waals surface area contributed by atoms with E-state index in [1.807, 2.05) is 0 Å². The fraction of sp³-hybridized carbons (Fsp3) is 0.350. The number of anilines is 1. The number of nitrogens with zero attached hydrogens (tertiary/aromatic N) is 5. The van der Waals surface area contributed by atoms with Gasteiger partial charge in [-0.1, -0.05) is 13.3 Å². The smallest absolute Gasteiger partial charge is 0.321 e. The third-order valence-corrected chi connectivity index (χ3v) is 5.13. The molecule has 3 aromatic heterocycles. The van der Waals surface area contributed by atoms with Crippen molar-refractivity contribution in [3.8, 4) is 17.1 Å². The third-order valence-electron chi connectivity index (χ3n) is 5.13. The van der Waals surface area contributed by atoms with E-state index < -0.39 is 12.1 Å². The summed E-state index contributed by atoms with van der Waals surface area (Å²) in [5.74, 6) is -0.899. The molecule has 0 saturated heterocycles. The summed E-state index contributed by atoms with van der Waals surface area (Å²) in [5.41, 5.74) is 0.954. The highest BCUT2D eigenvalue weighted by atomic mass is 19.3. The summed E-state index contributed by atoms with van der Waals surface area (Å²) in [5, 5.41) is 6.81. The number of hydrogen-bond acceptors (Lipinski definition) is 5. The normalized spacial score (nSPS) is 17.1. The molecule has 1 atom stereocenters. The third kappa shape index (κ3) is 3.72. The fourth-order valence-electron chi connectivity index (χ4n) is 3.51. The number of rotatable bonds is 2. The summed E-state index contributed by atoms with van der Waals surface area (Å²) >= 11 is 0. The van der Waals surface area contributed by atoms with E-state index in [1.165, 1.54) is 6.20 Å². The summed E-state index contributed by atoms with van der Waals surface area (Å²) in [6.45, 7) is -1.25. The zero-order valence-corrected chi connectivity index (χ0v) is 16.3. The highest BCUT2D eigenvalue weighted by Gasteiger charge is 2.28. The van der Waals surface area contributed by atoms with Gasteiger partial charge < -0.3 is 5.32 Å². The maximum absolute atomic E-state index is 13.9. The van der Waals surface area contributed by atoms with Crippen molar-refractivity contribution < 1.29 is 13.6 Å². The minimum Gasteiger partial charge on any atom is -0.321 e. The molecule has 2 bridgehead atoms. The van der Waals surface area contributed by atoms with Gasteiger partial charge in [-0.2, -0.15) is 18.6 Å². The number of amides is 1. The van der Waals surface area contributed by atoms with Crippen LogP contribution in [0.3, 0.4) is 0 Å². The lowest BCUT2D eigenvalue weighted by Gasteiger charge is -2.16. The number of carbonyl (C=O) groups excluding carboxylic acids is 1. The number of fused-ring (bicyclic) bond motifs is 4. The van der Waals surface area contributed by atoms with Crippen molar-refractivity contribution in [3.05, 3.63) is 53.0 Å². The molecule has 0 radical (unpaired) electrons. The van der Waals surface area contributed by atoms with E-state index in [1.54, 1.807) is 25.3 Å². The van der Waals surface area contributed by atoms with Gasteiger partial charge in [0, 0.05) is 35.6 Å². The van der Waals surface area contributed by atoms with Gasteiger partial charge >= 0.3 is 6.55 Å². The second kappa shape index (κ2) is 8.13. The van der Waals surface area contributed by atoms with Crippen LogP contribution < -0.4 is 10.9 Å². The number of halogens is 2. The first-order chi connectivity index (χ1) is 14.5. The molecule has 10 heteroatoms. The quantitative estimate of drug-likeness (QED) is 0.695. The summed E-state index contributed by atoms with van der Waals surface area (Å²) in [4.78, 5) is 33.4. The second-order valence-electron chi connectivity index (χ2n) is 7.23. The van der Waals surface area contributed by atoms with E-state index >= 15 is 0 Å². The van der Waals surface area contributed by atoms with Crippen molar-refractivity contribution in [2.45, 2.75) is 39.2 Å². The minimum absolute atomic E-state index is 0.0416. The lowest BCUT2D eigenvalue weighted by atomic mass is 10.00. The Hall–Kier alpha value is -3.43. The van der Waals surface area contributed by atoms with E-state index in [0.717, 1.165) is 35.5 Å².